The average molecular weight is 423 g/mol. The van der Waals surface area contributed by atoms with Gasteiger partial charge in [0.05, 0.1) is 17.2 Å². The molecule has 0 aliphatic carbocycles. The summed E-state index contributed by atoms with van der Waals surface area (Å²) in [5, 5.41) is 24.3. The summed E-state index contributed by atoms with van der Waals surface area (Å²) >= 11 is 0. The van der Waals surface area contributed by atoms with E-state index in [1.54, 1.807) is 5.01 Å². The van der Waals surface area contributed by atoms with Gasteiger partial charge in [-0.25, -0.2) is 20.1 Å². The zero-order chi connectivity index (χ0) is 21.4. The number of nitrogens with one attached hydrogen (secondary N) is 1. The highest BCUT2D eigenvalue weighted by molar-refractivity contribution is 5.58. The van der Waals surface area contributed by atoms with E-state index in [4.69, 9.17) is 5.11 Å². The minimum Gasteiger partial charge on any atom is -0.390 e. The fourth-order valence-corrected chi connectivity index (χ4v) is 2.52. The molecular weight excluding hydrogens is 408 g/mol. The van der Waals surface area contributed by atoms with Crippen LogP contribution in [0.4, 0.5) is 26.3 Å². The number of aromatic nitrogens is 3. The van der Waals surface area contributed by atoms with Crippen molar-refractivity contribution in [3.8, 4) is 11.4 Å². The predicted octanol–water partition coefficient (Wildman–Crippen LogP) is 1.95. The van der Waals surface area contributed by atoms with Crippen LogP contribution in [0.1, 0.15) is 11.1 Å². The summed E-state index contributed by atoms with van der Waals surface area (Å²) in [6, 6.07) is 1.09. The van der Waals surface area contributed by atoms with Gasteiger partial charge >= 0.3 is 12.4 Å². The first-order chi connectivity index (χ1) is 13.4. The van der Waals surface area contributed by atoms with E-state index >= 15 is 0 Å². The third kappa shape index (κ3) is 5.32. The van der Waals surface area contributed by atoms with Crippen LogP contribution in [0.15, 0.2) is 30.6 Å². The molecule has 29 heavy (non-hydrogen) atoms. The highest BCUT2D eigenvalue weighted by Gasteiger charge is 2.37. The number of aliphatic hydroxyl groups is 2. The predicted molar refractivity (Wildman–Crippen MR) is 87.5 cm³/mol. The van der Waals surface area contributed by atoms with Crippen molar-refractivity contribution in [2.75, 3.05) is 13.1 Å². The van der Waals surface area contributed by atoms with Crippen LogP contribution >= 0.6 is 0 Å². The van der Waals surface area contributed by atoms with E-state index < -0.39 is 41.4 Å². The van der Waals surface area contributed by atoms with Crippen molar-refractivity contribution in [1.29, 1.82) is 0 Å². The van der Waals surface area contributed by atoms with Crippen molar-refractivity contribution >= 4 is 6.20 Å². The number of nitrogens with zero attached hydrogens (tertiary/aromatic N) is 4. The van der Waals surface area contributed by atoms with Gasteiger partial charge < -0.3 is 10.2 Å². The van der Waals surface area contributed by atoms with Crippen LogP contribution < -0.4 is 5.43 Å². The van der Waals surface area contributed by atoms with Gasteiger partial charge in [-0.2, -0.15) is 26.3 Å². The van der Waals surface area contributed by atoms with Gasteiger partial charge in [0.1, 0.15) is 12.6 Å². The van der Waals surface area contributed by atoms with Crippen LogP contribution in [-0.2, 0) is 12.4 Å². The molecule has 1 aromatic carbocycles. The van der Waals surface area contributed by atoms with Crippen LogP contribution in [-0.4, -0.2) is 55.4 Å². The molecule has 1 aromatic heterocycles. The SMILES string of the molecule is OC1CN(NC(O)/C=C\n2cnc(-c3cc(C(F)(F)F)cc(C(F)(F)F)c3)n2)C1. The Morgan fingerprint density at radius 2 is 1.66 bits per heavy atom. The maximum atomic E-state index is 13.0. The Morgan fingerprint density at radius 1 is 1.07 bits per heavy atom. The summed E-state index contributed by atoms with van der Waals surface area (Å²) in [7, 11) is 0. The minimum atomic E-state index is -4.97. The van der Waals surface area contributed by atoms with Gasteiger partial charge in [-0.1, -0.05) is 0 Å². The number of β-amino-alcohol motifs (C(OH)–C–C–N with tert-alkyl or cyclic N) is 1. The number of hydrazine groups is 1. The van der Waals surface area contributed by atoms with Crippen LogP contribution in [0.25, 0.3) is 17.6 Å². The van der Waals surface area contributed by atoms with Crippen molar-refractivity contribution in [3.63, 3.8) is 0 Å². The summed E-state index contributed by atoms with van der Waals surface area (Å²) in [5.74, 6) is -0.348. The summed E-state index contributed by atoms with van der Waals surface area (Å²) in [5.41, 5.74) is -0.751. The highest BCUT2D eigenvalue weighted by Crippen LogP contribution is 2.38. The molecule has 3 N–H and O–H groups in total. The van der Waals surface area contributed by atoms with E-state index in [1.165, 1.54) is 12.3 Å². The fraction of sp³-hybridized carbons (Fsp3) is 0.375. The molecule has 0 spiro atoms. The molecule has 7 nitrogen and oxygen atoms in total. The summed E-state index contributed by atoms with van der Waals surface area (Å²) in [6.45, 7) is 0.658. The number of rotatable bonds is 5. The molecule has 158 valence electrons. The molecule has 1 fully saturated rings. The van der Waals surface area contributed by atoms with E-state index in [0.29, 0.717) is 25.2 Å². The number of halogens is 6. The number of hydrogen-bond donors (Lipinski definition) is 3. The third-order valence-corrected chi connectivity index (χ3v) is 3.95. The van der Waals surface area contributed by atoms with E-state index in [2.05, 4.69) is 15.5 Å². The lowest BCUT2D eigenvalue weighted by atomic mass is 10.0. The maximum Gasteiger partial charge on any atom is 0.416 e. The van der Waals surface area contributed by atoms with E-state index in [9.17, 15) is 31.4 Å². The zero-order valence-corrected chi connectivity index (χ0v) is 14.5. The topological polar surface area (TPSA) is 86.4 Å². The molecule has 2 heterocycles. The standard InChI is InChI=1S/C16H15F6N5O2/c17-15(18,19)10-3-9(4-11(5-10)16(20,21)22)14-23-8-26(25-14)2-1-13(29)24-27-6-12(28)7-27/h1-5,8,12-13,24,28-29H,6-7H2/b2-1-. The van der Waals surface area contributed by atoms with Gasteiger partial charge in [-0.3, -0.25) is 0 Å². The van der Waals surface area contributed by atoms with Crippen LogP contribution in [0.3, 0.4) is 0 Å². The zero-order valence-electron chi connectivity index (χ0n) is 14.5. The fourth-order valence-electron chi connectivity index (χ4n) is 2.52. The summed E-state index contributed by atoms with van der Waals surface area (Å²) in [6.07, 6.45) is -8.05. The van der Waals surface area contributed by atoms with Crippen LogP contribution in [0.2, 0.25) is 0 Å². The first-order valence-electron chi connectivity index (χ1n) is 8.18. The molecule has 1 saturated heterocycles. The number of alkyl halides is 6. The first-order valence-corrected chi connectivity index (χ1v) is 8.18. The monoisotopic (exact) mass is 423 g/mol. The van der Waals surface area contributed by atoms with E-state index in [0.717, 1.165) is 11.0 Å². The highest BCUT2D eigenvalue weighted by atomic mass is 19.4. The molecule has 13 heteroatoms. The Bertz CT molecular complexity index is 856. The molecule has 0 bridgehead atoms. The van der Waals surface area contributed by atoms with Crippen molar-refractivity contribution in [2.45, 2.75) is 24.7 Å². The van der Waals surface area contributed by atoms with Crippen molar-refractivity contribution < 1.29 is 36.6 Å². The smallest absolute Gasteiger partial charge is 0.390 e. The quantitative estimate of drug-likeness (QED) is 0.504. The summed E-state index contributed by atoms with van der Waals surface area (Å²) < 4.78 is 78.7. The second-order valence-corrected chi connectivity index (χ2v) is 6.32. The Labute approximate surface area is 159 Å². The third-order valence-electron chi connectivity index (χ3n) is 3.95. The van der Waals surface area contributed by atoms with Crippen LogP contribution in [0, 0.1) is 0 Å². The van der Waals surface area contributed by atoms with Crippen molar-refractivity contribution in [3.05, 3.63) is 41.7 Å². The Kier molecular flexibility index (Phi) is 5.67. The molecule has 3 rings (SSSR count). The van der Waals surface area contributed by atoms with Gasteiger partial charge in [0.15, 0.2) is 5.82 Å². The Morgan fingerprint density at radius 3 is 2.17 bits per heavy atom. The molecular formula is C16H15F6N5O2. The summed E-state index contributed by atoms with van der Waals surface area (Å²) in [4.78, 5) is 3.73. The molecule has 0 radical (unpaired) electrons. The van der Waals surface area contributed by atoms with Crippen molar-refractivity contribution in [2.24, 2.45) is 0 Å². The molecule has 0 saturated carbocycles. The number of aliphatic hydroxyl groups excluding tert-OH is 2. The molecule has 2 aromatic rings. The molecule has 1 atom stereocenters. The normalized spacial score (nSPS) is 17.7. The van der Waals surface area contributed by atoms with Gasteiger partial charge in [0, 0.05) is 24.9 Å². The first kappa shape index (κ1) is 21.2. The van der Waals surface area contributed by atoms with Gasteiger partial charge in [0.25, 0.3) is 0 Å². The lowest BCUT2D eigenvalue weighted by Gasteiger charge is -2.36. The largest absolute Gasteiger partial charge is 0.416 e. The number of benzene rings is 1. The minimum absolute atomic E-state index is 0.0230. The van der Waals surface area contributed by atoms with Gasteiger partial charge in [-0.15, -0.1) is 5.10 Å². The molecule has 1 unspecified atom stereocenters. The van der Waals surface area contributed by atoms with Crippen LogP contribution in [0.5, 0.6) is 0 Å². The lowest BCUT2D eigenvalue weighted by Crippen LogP contribution is -2.59. The molecule has 1 aliphatic rings. The van der Waals surface area contributed by atoms with Crippen molar-refractivity contribution in [1.82, 2.24) is 25.2 Å². The van der Waals surface area contributed by atoms with Gasteiger partial charge in [0.2, 0.25) is 0 Å². The van der Waals surface area contributed by atoms with E-state index in [1.807, 2.05) is 0 Å². The van der Waals surface area contributed by atoms with E-state index in [-0.39, 0.29) is 11.9 Å². The molecule has 1 aliphatic heterocycles. The maximum absolute atomic E-state index is 13.0. The second-order valence-electron chi connectivity index (χ2n) is 6.32. The average Bonchev–Trinajstić information content (AvgIpc) is 3.06. The Hall–Kier alpha value is -2.48. The van der Waals surface area contributed by atoms with Gasteiger partial charge in [-0.05, 0) is 24.3 Å². The second kappa shape index (κ2) is 7.74. The lowest BCUT2D eigenvalue weighted by molar-refractivity contribution is -0.143. The molecule has 0 amide bonds. The Balaban J connectivity index is 1.79. The number of hydrogen-bond acceptors (Lipinski definition) is 6.